The minimum absolute atomic E-state index is 0.0493. The second-order valence-corrected chi connectivity index (χ2v) is 13.2. The first kappa shape index (κ1) is 33.4. The quantitative estimate of drug-likeness (QED) is 0.308. The molecule has 3 aromatic rings. The van der Waals surface area contributed by atoms with Crippen LogP contribution in [0.2, 0.25) is 10.0 Å². The van der Waals surface area contributed by atoms with Crippen LogP contribution in [0.25, 0.3) is 0 Å². The Labute approximate surface area is 267 Å². The van der Waals surface area contributed by atoms with Crippen molar-refractivity contribution in [3.05, 3.63) is 68.8 Å². The molecule has 45 heavy (non-hydrogen) atoms. The van der Waals surface area contributed by atoms with Crippen molar-refractivity contribution in [1.82, 2.24) is 9.78 Å². The number of carbonyl (C=O) groups is 3. The summed E-state index contributed by atoms with van der Waals surface area (Å²) in [6, 6.07) is 7.30. The number of rotatable bonds is 7. The van der Waals surface area contributed by atoms with E-state index in [-0.39, 0.29) is 44.7 Å². The van der Waals surface area contributed by atoms with E-state index in [1.807, 2.05) is 0 Å². The molecule has 1 atom stereocenters. The van der Waals surface area contributed by atoms with Crippen LogP contribution in [-0.2, 0) is 31.3 Å². The number of carboxylic acid groups (broad SMARTS) is 2. The normalized spacial score (nSPS) is 17.6. The number of aromatic nitrogens is 2. The Bertz CT molecular complexity index is 1910. The van der Waals surface area contributed by atoms with Gasteiger partial charge in [0.05, 0.1) is 27.5 Å². The third kappa shape index (κ3) is 6.50. The van der Waals surface area contributed by atoms with E-state index < -0.39 is 33.1 Å². The summed E-state index contributed by atoms with van der Waals surface area (Å²) in [7, 11) is -2.00. The summed E-state index contributed by atoms with van der Waals surface area (Å²) in [5.41, 5.74) is 0.218. The van der Waals surface area contributed by atoms with Gasteiger partial charge >= 0.3 is 11.9 Å². The van der Waals surface area contributed by atoms with Crippen molar-refractivity contribution < 1.29 is 43.0 Å². The zero-order valence-corrected chi connectivity index (χ0v) is 26.6. The average molecular weight is 681 g/mol. The van der Waals surface area contributed by atoms with Gasteiger partial charge in [0.1, 0.15) is 17.9 Å². The van der Waals surface area contributed by atoms with Crippen molar-refractivity contribution in [3.63, 3.8) is 0 Å². The van der Waals surface area contributed by atoms with Gasteiger partial charge in [-0.2, -0.15) is 10.2 Å². The van der Waals surface area contributed by atoms with Crippen LogP contribution in [0.1, 0.15) is 46.8 Å². The third-order valence-electron chi connectivity index (χ3n) is 7.16. The average Bonchev–Trinajstić information content (AvgIpc) is 3.69. The van der Waals surface area contributed by atoms with Gasteiger partial charge in [-0.15, -0.1) is 0 Å². The van der Waals surface area contributed by atoms with Crippen LogP contribution in [0.5, 0.6) is 5.88 Å². The van der Waals surface area contributed by atoms with E-state index in [2.05, 4.69) is 15.4 Å². The van der Waals surface area contributed by atoms with E-state index in [1.54, 1.807) is 6.92 Å². The molecule has 0 saturated carbocycles. The molecule has 0 aliphatic carbocycles. The molecular formula is C28H27Cl2N5O9S. The Morgan fingerprint density at radius 3 is 2.29 bits per heavy atom. The first-order valence-corrected chi connectivity index (χ1v) is 15.7. The smallest absolute Gasteiger partial charge is 0.352 e. The Kier molecular flexibility index (Phi) is 9.28. The molecule has 14 nitrogen and oxygen atoms in total. The molecule has 5 rings (SSSR count). The number of aromatic hydroxyl groups is 1. The van der Waals surface area contributed by atoms with Crippen LogP contribution in [0, 0.1) is 6.92 Å². The molecule has 3 heterocycles. The lowest BCUT2D eigenvalue weighted by Gasteiger charge is -2.30. The maximum Gasteiger partial charge on any atom is 0.352 e. The summed E-state index contributed by atoms with van der Waals surface area (Å²) >= 11 is 11.8. The molecule has 2 aliphatic rings. The second kappa shape index (κ2) is 12.5. The van der Waals surface area contributed by atoms with Crippen molar-refractivity contribution in [2.24, 2.45) is 17.3 Å². The summed E-state index contributed by atoms with van der Waals surface area (Å²) in [5.74, 6) is -3.14. The van der Waals surface area contributed by atoms with Crippen molar-refractivity contribution in [2.45, 2.75) is 37.1 Å². The lowest BCUT2D eigenvalue weighted by Crippen LogP contribution is -2.47. The fourth-order valence-corrected chi connectivity index (χ4v) is 6.19. The molecule has 0 spiro atoms. The number of hydrogen-bond acceptors (Lipinski definition) is 11. The van der Waals surface area contributed by atoms with E-state index in [4.69, 9.17) is 33.1 Å². The van der Waals surface area contributed by atoms with Crippen molar-refractivity contribution in [2.75, 3.05) is 17.9 Å². The van der Waals surface area contributed by atoms with Crippen LogP contribution in [0.15, 0.2) is 51.7 Å². The number of halogens is 2. The molecule has 1 unspecified atom stereocenters. The predicted octanol–water partition coefficient (Wildman–Crippen LogP) is 3.68. The summed E-state index contributed by atoms with van der Waals surface area (Å²) in [6.07, 6.45) is 2.61. The highest BCUT2D eigenvalue weighted by atomic mass is 35.5. The van der Waals surface area contributed by atoms with Gasteiger partial charge < -0.3 is 20.2 Å². The number of carbonyl (C=O) groups excluding carboxylic acids is 1. The maximum absolute atomic E-state index is 12.8. The van der Waals surface area contributed by atoms with Gasteiger partial charge in [-0.05, 0) is 49.7 Å². The molecule has 238 valence electrons. The molecule has 0 radical (unpaired) electrons. The molecule has 17 heteroatoms. The molecule has 0 bridgehead atoms. The summed E-state index contributed by atoms with van der Waals surface area (Å²) < 4.78 is 25.5. The minimum atomic E-state index is -3.52. The van der Waals surface area contributed by atoms with Crippen LogP contribution in [0.4, 0.5) is 5.69 Å². The summed E-state index contributed by atoms with van der Waals surface area (Å²) in [6.45, 7) is 3.41. The highest BCUT2D eigenvalue weighted by Crippen LogP contribution is 2.38. The van der Waals surface area contributed by atoms with E-state index in [9.17, 15) is 33.0 Å². The number of benzene rings is 2. The standard InChI is InChI=1S/C16H17N3O5S.C12H10Cl2N2O4/c1-9-10(15(20)11-8-17-19(2)16(11)21)4-5-13(25(3,22)23)14(9)12-6-7-24-18-12;1-12(11(19)20)5-8(10(17)18)15-16(12)9-3-2-6(13)4-7(9)14/h4-5,8,21H,6-7H2,1-3H3;2-4H,5H2,1H3,(H,17,18)(H,19,20). The monoisotopic (exact) mass is 679 g/mol. The van der Waals surface area contributed by atoms with E-state index >= 15 is 0 Å². The van der Waals surface area contributed by atoms with Gasteiger partial charge in [-0.1, -0.05) is 28.4 Å². The zero-order chi connectivity index (χ0) is 33.4. The predicted molar refractivity (Wildman–Crippen MR) is 164 cm³/mol. The van der Waals surface area contributed by atoms with Crippen molar-refractivity contribution in [1.29, 1.82) is 0 Å². The number of sulfone groups is 1. The highest BCUT2D eigenvalue weighted by Gasteiger charge is 2.48. The number of aliphatic carboxylic acids is 2. The number of oxime groups is 1. The number of carboxylic acids is 2. The summed E-state index contributed by atoms with van der Waals surface area (Å²) in [4.78, 5) is 40.4. The summed E-state index contributed by atoms with van der Waals surface area (Å²) in [5, 5.41) is 41.7. The number of anilines is 1. The molecule has 2 aliphatic heterocycles. The molecule has 3 N–H and O–H groups in total. The molecule has 2 aromatic carbocycles. The fraction of sp³-hybridized carbons (Fsp3) is 0.286. The number of nitrogens with zero attached hydrogens (tertiary/aromatic N) is 5. The molecular weight excluding hydrogens is 653 g/mol. The second-order valence-electron chi connectivity index (χ2n) is 10.4. The van der Waals surface area contributed by atoms with Crippen LogP contribution >= 0.6 is 23.2 Å². The van der Waals surface area contributed by atoms with Gasteiger partial charge in [-0.3, -0.25) is 4.79 Å². The minimum Gasteiger partial charge on any atom is -0.493 e. The molecule has 0 fully saturated rings. The van der Waals surface area contributed by atoms with Crippen LogP contribution in [0.3, 0.4) is 0 Å². The first-order valence-electron chi connectivity index (χ1n) is 13.0. The van der Waals surface area contributed by atoms with E-state index in [0.29, 0.717) is 34.9 Å². The maximum atomic E-state index is 12.8. The van der Waals surface area contributed by atoms with Gasteiger partial charge in [0, 0.05) is 42.3 Å². The molecule has 1 aromatic heterocycles. The third-order valence-corrected chi connectivity index (χ3v) is 8.84. The van der Waals surface area contributed by atoms with Gasteiger partial charge in [-0.25, -0.2) is 27.7 Å². The van der Waals surface area contributed by atoms with Gasteiger partial charge in [0.15, 0.2) is 21.2 Å². The number of hydrogen-bond donors (Lipinski definition) is 3. The fourth-order valence-electron chi connectivity index (χ4n) is 4.74. The number of ketones is 1. The van der Waals surface area contributed by atoms with Crippen LogP contribution in [-0.4, -0.2) is 81.1 Å². The van der Waals surface area contributed by atoms with Crippen LogP contribution < -0.4 is 5.01 Å². The number of hydrazone groups is 1. The lowest BCUT2D eigenvalue weighted by atomic mass is 9.93. The highest BCUT2D eigenvalue weighted by molar-refractivity contribution is 7.90. The molecule has 0 saturated heterocycles. The topological polar surface area (TPSA) is 201 Å². The zero-order valence-electron chi connectivity index (χ0n) is 24.3. The Morgan fingerprint density at radius 1 is 1.09 bits per heavy atom. The number of aryl methyl sites for hydroxylation is 1. The van der Waals surface area contributed by atoms with E-state index in [0.717, 1.165) is 11.3 Å². The lowest BCUT2D eigenvalue weighted by molar-refractivity contribution is -0.142. The van der Waals surface area contributed by atoms with Gasteiger partial charge in [0.25, 0.3) is 0 Å². The Balaban J connectivity index is 0.000000210. The van der Waals surface area contributed by atoms with Gasteiger partial charge in [0.2, 0.25) is 5.88 Å². The SMILES string of the molecule is CC1(C(=O)O)CC(C(=O)O)=NN1c1ccc(Cl)cc1Cl.Cc1c(C(=O)c2cnn(C)c2O)ccc(S(C)(=O)=O)c1C1=NOCC1. The largest absolute Gasteiger partial charge is 0.493 e. The molecule has 0 amide bonds. The van der Waals surface area contributed by atoms with Crippen molar-refractivity contribution >= 4 is 67.9 Å². The Morgan fingerprint density at radius 2 is 1.78 bits per heavy atom. The first-order chi connectivity index (χ1) is 21.0. The van der Waals surface area contributed by atoms with Crippen molar-refractivity contribution in [3.8, 4) is 5.88 Å². The van der Waals surface area contributed by atoms with E-state index in [1.165, 1.54) is 55.2 Å². The Hall–Kier alpha value is -4.47.